The van der Waals surface area contributed by atoms with Crippen LogP contribution in [0.15, 0.2) is 18.2 Å². The Bertz CT molecular complexity index is 420. The molecule has 106 valence electrons. The van der Waals surface area contributed by atoms with E-state index in [1.54, 1.807) is 0 Å². The Morgan fingerprint density at radius 3 is 2.11 bits per heavy atom. The van der Waals surface area contributed by atoms with E-state index in [-0.39, 0.29) is 0 Å². The maximum absolute atomic E-state index is 6.15. The van der Waals surface area contributed by atoms with Gasteiger partial charge in [0.1, 0.15) is 5.75 Å². The van der Waals surface area contributed by atoms with E-state index in [1.165, 1.54) is 36.8 Å². The van der Waals surface area contributed by atoms with Crippen molar-refractivity contribution in [2.24, 2.45) is 11.3 Å². The Morgan fingerprint density at radius 1 is 0.947 bits per heavy atom. The number of hydrogen-bond donors (Lipinski definition) is 0. The van der Waals surface area contributed by atoms with Crippen LogP contribution in [0.1, 0.15) is 57.6 Å². The van der Waals surface area contributed by atoms with E-state index in [4.69, 9.17) is 4.74 Å². The van der Waals surface area contributed by atoms with Crippen molar-refractivity contribution in [2.45, 2.75) is 66.4 Å². The largest absolute Gasteiger partial charge is 0.490 e. The van der Waals surface area contributed by atoms with Crippen LogP contribution in [0.3, 0.4) is 0 Å². The van der Waals surface area contributed by atoms with Gasteiger partial charge in [-0.1, -0.05) is 26.8 Å². The predicted molar refractivity (Wildman–Crippen MR) is 81.7 cm³/mol. The Morgan fingerprint density at radius 2 is 1.58 bits per heavy atom. The zero-order valence-corrected chi connectivity index (χ0v) is 13.1. The van der Waals surface area contributed by atoms with E-state index < -0.39 is 0 Å². The van der Waals surface area contributed by atoms with Crippen LogP contribution in [0.4, 0.5) is 0 Å². The average molecular weight is 260 g/mol. The molecule has 0 amide bonds. The second-order valence-corrected chi connectivity index (χ2v) is 7.20. The third kappa shape index (κ3) is 3.75. The van der Waals surface area contributed by atoms with Gasteiger partial charge in [0.25, 0.3) is 0 Å². The standard InChI is InChI=1S/C18H28O/c1-13-6-9-17(12-14(13)2)19-16-10-7-15(8-11-16)18(3,4)5/h6,9,12,15-16H,7-8,10-11H2,1-5H3. The van der Waals surface area contributed by atoms with E-state index in [0.717, 1.165) is 11.7 Å². The third-order valence-electron chi connectivity index (χ3n) is 4.68. The van der Waals surface area contributed by atoms with Gasteiger partial charge in [-0.25, -0.2) is 0 Å². The molecule has 1 nitrogen and oxygen atoms in total. The quantitative estimate of drug-likeness (QED) is 0.702. The number of ether oxygens (including phenoxy) is 1. The molecule has 0 atom stereocenters. The fourth-order valence-corrected chi connectivity index (χ4v) is 3.03. The van der Waals surface area contributed by atoms with Crippen molar-refractivity contribution >= 4 is 0 Å². The van der Waals surface area contributed by atoms with Crippen LogP contribution in [-0.4, -0.2) is 6.10 Å². The molecule has 0 N–H and O–H groups in total. The summed E-state index contributed by atoms with van der Waals surface area (Å²) >= 11 is 0. The lowest BCUT2D eigenvalue weighted by atomic mass is 9.72. The highest BCUT2D eigenvalue weighted by Gasteiger charge is 2.30. The first-order valence-electron chi connectivity index (χ1n) is 7.60. The van der Waals surface area contributed by atoms with E-state index >= 15 is 0 Å². The zero-order valence-electron chi connectivity index (χ0n) is 13.1. The molecular weight excluding hydrogens is 232 g/mol. The van der Waals surface area contributed by atoms with Gasteiger partial charge in [-0.2, -0.15) is 0 Å². The van der Waals surface area contributed by atoms with Gasteiger partial charge in [0, 0.05) is 0 Å². The lowest BCUT2D eigenvalue weighted by molar-refractivity contribution is 0.0882. The Hall–Kier alpha value is -0.980. The third-order valence-corrected chi connectivity index (χ3v) is 4.68. The summed E-state index contributed by atoms with van der Waals surface area (Å²) in [5, 5.41) is 0. The van der Waals surface area contributed by atoms with Crippen LogP contribution in [0.2, 0.25) is 0 Å². The normalized spacial score (nSPS) is 24.3. The molecule has 0 radical (unpaired) electrons. The second kappa shape index (κ2) is 5.56. The van der Waals surface area contributed by atoms with E-state index in [0.29, 0.717) is 11.5 Å². The van der Waals surface area contributed by atoms with Gasteiger partial charge in [-0.15, -0.1) is 0 Å². The Kier molecular flexibility index (Phi) is 4.23. The van der Waals surface area contributed by atoms with Gasteiger partial charge in [0.2, 0.25) is 0 Å². The van der Waals surface area contributed by atoms with Crippen molar-refractivity contribution in [3.05, 3.63) is 29.3 Å². The van der Waals surface area contributed by atoms with Gasteiger partial charge in [0.15, 0.2) is 0 Å². The average Bonchev–Trinajstić information content (AvgIpc) is 2.33. The molecule has 0 unspecified atom stereocenters. The minimum atomic E-state index is 0.417. The molecule has 0 bridgehead atoms. The van der Waals surface area contributed by atoms with Crippen molar-refractivity contribution in [1.29, 1.82) is 0 Å². The SMILES string of the molecule is Cc1ccc(OC2CCC(C(C)(C)C)CC2)cc1C. The summed E-state index contributed by atoms with van der Waals surface area (Å²) in [5.41, 5.74) is 3.11. The monoisotopic (exact) mass is 260 g/mol. The van der Waals surface area contributed by atoms with Gasteiger partial charge in [0.05, 0.1) is 6.10 Å². The fourth-order valence-electron chi connectivity index (χ4n) is 3.03. The number of hydrogen-bond acceptors (Lipinski definition) is 1. The summed E-state index contributed by atoms with van der Waals surface area (Å²) < 4.78 is 6.15. The molecule has 1 saturated carbocycles. The topological polar surface area (TPSA) is 9.23 Å². The van der Waals surface area contributed by atoms with E-state index in [2.05, 4.69) is 52.8 Å². The van der Waals surface area contributed by atoms with Crippen LogP contribution in [0.25, 0.3) is 0 Å². The van der Waals surface area contributed by atoms with Crippen LogP contribution >= 0.6 is 0 Å². The summed E-state index contributed by atoms with van der Waals surface area (Å²) in [7, 11) is 0. The van der Waals surface area contributed by atoms with Gasteiger partial charge < -0.3 is 4.74 Å². The van der Waals surface area contributed by atoms with Gasteiger partial charge in [-0.05, 0) is 74.1 Å². The van der Waals surface area contributed by atoms with Crippen LogP contribution < -0.4 is 4.74 Å². The molecule has 1 aromatic rings. The summed E-state index contributed by atoms with van der Waals surface area (Å²) in [5.74, 6) is 1.90. The molecule has 19 heavy (non-hydrogen) atoms. The summed E-state index contributed by atoms with van der Waals surface area (Å²) in [6.07, 6.45) is 5.43. The number of rotatable bonds is 2. The Balaban J connectivity index is 1.90. The molecule has 0 saturated heterocycles. The summed E-state index contributed by atoms with van der Waals surface area (Å²) in [4.78, 5) is 0. The molecular formula is C18H28O. The Labute approximate surface area is 118 Å². The minimum Gasteiger partial charge on any atom is -0.490 e. The van der Waals surface area contributed by atoms with Crippen molar-refractivity contribution in [3.8, 4) is 5.75 Å². The molecule has 1 aliphatic rings. The maximum atomic E-state index is 6.15. The highest BCUT2D eigenvalue weighted by Crippen LogP contribution is 2.38. The lowest BCUT2D eigenvalue weighted by Crippen LogP contribution is -2.30. The highest BCUT2D eigenvalue weighted by molar-refractivity contribution is 5.33. The smallest absolute Gasteiger partial charge is 0.119 e. The number of benzene rings is 1. The summed E-state index contributed by atoms with van der Waals surface area (Å²) in [6.45, 7) is 11.4. The van der Waals surface area contributed by atoms with Gasteiger partial charge >= 0.3 is 0 Å². The molecule has 0 aromatic heterocycles. The molecule has 1 aromatic carbocycles. The molecule has 0 heterocycles. The van der Waals surface area contributed by atoms with Crippen LogP contribution in [0, 0.1) is 25.2 Å². The number of aryl methyl sites for hydroxylation is 2. The molecule has 1 aliphatic carbocycles. The van der Waals surface area contributed by atoms with Crippen molar-refractivity contribution in [1.82, 2.24) is 0 Å². The predicted octanol–water partition coefficient (Wildman–Crippen LogP) is 5.29. The highest BCUT2D eigenvalue weighted by atomic mass is 16.5. The zero-order chi connectivity index (χ0) is 14.0. The summed E-state index contributed by atoms with van der Waals surface area (Å²) in [6, 6.07) is 6.44. The molecule has 1 heteroatoms. The molecule has 2 rings (SSSR count). The van der Waals surface area contributed by atoms with Crippen molar-refractivity contribution in [2.75, 3.05) is 0 Å². The van der Waals surface area contributed by atoms with Gasteiger partial charge in [-0.3, -0.25) is 0 Å². The van der Waals surface area contributed by atoms with E-state index in [1.807, 2.05) is 0 Å². The van der Waals surface area contributed by atoms with Crippen LogP contribution in [-0.2, 0) is 0 Å². The van der Waals surface area contributed by atoms with E-state index in [9.17, 15) is 0 Å². The van der Waals surface area contributed by atoms with Crippen molar-refractivity contribution < 1.29 is 4.74 Å². The maximum Gasteiger partial charge on any atom is 0.119 e. The van der Waals surface area contributed by atoms with Crippen LogP contribution in [0.5, 0.6) is 5.75 Å². The molecule has 0 spiro atoms. The first-order chi connectivity index (χ1) is 8.86. The fraction of sp³-hybridized carbons (Fsp3) is 0.667. The minimum absolute atomic E-state index is 0.417. The van der Waals surface area contributed by atoms with Crippen molar-refractivity contribution in [3.63, 3.8) is 0 Å². The second-order valence-electron chi connectivity index (χ2n) is 7.20. The lowest BCUT2D eigenvalue weighted by Gasteiger charge is -2.37. The molecule has 1 fully saturated rings. The first-order valence-corrected chi connectivity index (χ1v) is 7.60. The first kappa shape index (κ1) is 14.4. The molecule has 0 aliphatic heterocycles.